The zero-order valence-electron chi connectivity index (χ0n) is 37.2. The number of phosphoric acid groups is 1. The van der Waals surface area contributed by atoms with Crippen LogP contribution in [0.15, 0.2) is 85.1 Å². The van der Waals surface area contributed by atoms with Crippen LogP contribution in [0, 0.1) is 0 Å². The van der Waals surface area contributed by atoms with Crippen molar-refractivity contribution in [2.75, 3.05) is 26.4 Å². The predicted molar refractivity (Wildman–Crippen MR) is 247 cm³/mol. The van der Waals surface area contributed by atoms with E-state index in [9.17, 15) is 19.0 Å². The normalized spacial score (nSPS) is 14.0. The molecule has 0 saturated heterocycles. The minimum atomic E-state index is -4.39. The van der Waals surface area contributed by atoms with Gasteiger partial charge < -0.3 is 20.1 Å². The minimum absolute atomic E-state index is 0.0449. The number of esters is 2. The van der Waals surface area contributed by atoms with Gasteiger partial charge in [-0.15, -0.1) is 0 Å². The van der Waals surface area contributed by atoms with Gasteiger partial charge in [0.25, 0.3) is 0 Å². The maximum atomic E-state index is 12.6. The Morgan fingerprint density at radius 1 is 0.525 bits per heavy atom. The second kappa shape index (κ2) is 44.7. The quantitative estimate of drug-likeness (QED) is 0.0266. The summed E-state index contributed by atoms with van der Waals surface area (Å²) in [5.41, 5.74) is 5.35. The van der Waals surface area contributed by atoms with E-state index in [4.69, 9.17) is 24.3 Å². The summed E-state index contributed by atoms with van der Waals surface area (Å²) in [4.78, 5) is 34.9. The van der Waals surface area contributed by atoms with E-state index in [-0.39, 0.29) is 32.6 Å². The van der Waals surface area contributed by atoms with Crippen LogP contribution >= 0.6 is 7.82 Å². The number of allylic oxidation sites excluding steroid dienone is 14. The summed E-state index contributed by atoms with van der Waals surface area (Å²) in [5.74, 6) is -0.864. The second-order valence-electron chi connectivity index (χ2n) is 14.9. The molecule has 0 saturated carbocycles. The van der Waals surface area contributed by atoms with Crippen molar-refractivity contribution in [1.82, 2.24) is 0 Å². The Bertz CT molecular complexity index is 1240. The van der Waals surface area contributed by atoms with Gasteiger partial charge in [0.05, 0.1) is 13.2 Å². The first-order valence-corrected chi connectivity index (χ1v) is 24.6. The average Bonchev–Trinajstić information content (AvgIpc) is 3.22. The molecule has 0 fully saturated rings. The molecule has 0 spiro atoms. The number of ether oxygens (including phenoxy) is 2. The molecule has 0 amide bonds. The molecule has 10 heteroatoms. The maximum Gasteiger partial charge on any atom is 0.472 e. The highest BCUT2D eigenvalue weighted by Crippen LogP contribution is 2.43. The van der Waals surface area contributed by atoms with Crippen LogP contribution in [-0.4, -0.2) is 49.3 Å². The Morgan fingerprint density at radius 3 is 1.39 bits per heavy atom. The lowest BCUT2D eigenvalue weighted by Crippen LogP contribution is -2.29. The van der Waals surface area contributed by atoms with Crippen LogP contribution in [0.25, 0.3) is 0 Å². The van der Waals surface area contributed by atoms with Crippen molar-refractivity contribution in [1.29, 1.82) is 0 Å². The third-order valence-electron chi connectivity index (χ3n) is 9.27. The van der Waals surface area contributed by atoms with E-state index in [1.54, 1.807) is 0 Å². The molecule has 2 atom stereocenters. The molecule has 0 heterocycles. The van der Waals surface area contributed by atoms with Gasteiger partial charge in [0.2, 0.25) is 0 Å². The highest BCUT2D eigenvalue weighted by Gasteiger charge is 2.26. The van der Waals surface area contributed by atoms with E-state index < -0.39 is 32.5 Å². The van der Waals surface area contributed by atoms with Crippen molar-refractivity contribution in [3.8, 4) is 0 Å². The monoisotopic (exact) mass is 846 g/mol. The van der Waals surface area contributed by atoms with Crippen LogP contribution in [0.5, 0.6) is 0 Å². The number of nitrogens with two attached hydrogens (primary N) is 1. The molecule has 0 aromatic carbocycles. The third kappa shape index (κ3) is 44.6. The fraction of sp³-hybridized carbons (Fsp3) is 0.673. The van der Waals surface area contributed by atoms with E-state index >= 15 is 0 Å². The number of unbranched alkanes of at least 4 members (excludes halogenated alkanes) is 15. The Morgan fingerprint density at radius 2 is 0.932 bits per heavy atom. The first-order chi connectivity index (χ1) is 28.8. The fourth-order valence-electron chi connectivity index (χ4n) is 5.87. The molecule has 0 aliphatic heterocycles. The van der Waals surface area contributed by atoms with Crippen LogP contribution in [0.3, 0.4) is 0 Å². The van der Waals surface area contributed by atoms with Crippen molar-refractivity contribution >= 4 is 19.8 Å². The third-order valence-corrected chi connectivity index (χ3v) is 10.2. The van der Waals surface area contributed by atoms with Gasteiger partial charge in [0, 0.05) is 19.4 Å². The average molecular weight is 846 g/mol. The smallest absolute Gasteiger partial charge is 0.462 e. The van der Waals surface area contributed by atoms with Crippen LogP contribution in [-0.2, 0) is 32.7 Å². The highest BCUT2D eigenvalue weighted by atomic mass is 31.2. The largest absolute Gasteiger partial charge is 0.472 e. The lowest BCUT2D eigenvalue weighted by molar-refractivity contribution is -0.161. The first kappa shape index (κ1) is 56.2. The molecule has 0 aromatic heterocycles. The summed E-state index contributed by atoms with van der Waals surface area (Å²) in [6.07, 6.45) is 56.1. The Hall–Kier alpha value is -2.81. The lowest BCUT2D eigenvalue weighted by Gasteiger charge is -2.19. The van der Waals surface area contributed by atoms with Crippen molar-refractivity contribution in [3.05, 3.63) is 85.1 Å². The maximum absolute atomic E-state index is 12.6. The molecular weight excluding hydrogens is 762 g/mol. The predicted octanol–water partition coefficient (Wildman–Crippen LogP) is 13.6. The van der Waals surface area contributed by atoms with Crippen molar-refractivity contribution in [3.63, 3.8) is 0 Å². The van der Waals surface area contributed by atoms with Crippen LogP contribution in [0.1, 0.15) is 181 Å². The van der Waals surface area contributed by atoms with Gasteiger partial charge >= 0.3 is 19.8 Å². The van der Waals surface area contributed by atoms with E-state index in [1.807, 2.05) is 0 Å². The van der Waals surface area contributed by atoms with Gasteiger partial charge in [0.15, 0.2) is 6.10 Å². The lowest BCUT2D eigenvalue weighted by atomic mass is 10.1. The van der Waals surface area contributed by atoms with Gasteiger partial charge in [-0.1, -0.05) is 163 Å². The van der Waals surface area contributed by atoms with Crippen LogP contribution < -0.4 is 5.73 Å². The molecule has 338 valence electrons. The van der Waals surface area contributed by atoms with Crippen LogP contribution in [0.4, 0.5) is 0 Å². The van der Waals surface area contributed by atoms with Gasteiger partial charge in [-0.3, -0.25) is 18.6 Å². The molecule has 0 aliphatic rings. The van der Waals surface area contributed by atoms with Gasteiger partial charge in [-0.05, 0) is 89.9 Å². The van der Waals surface area contributed by atoms with Gasteiger partial charge in [-0.2, -0.15) is 0 Å². The molecule has 0 rings (SSSR count). The van der Waals surface area contributed by atoms with E-state index in [0.29, 0.717) is 12.8 Å². The topological polar surface area (TPSA) is 134 Å². The summed E-state index contributed by atoms with van der Waals surface area (Å²) >= 11 is 0. The molecule has 9 nitrogen and oxygen atoms in total. The first-order valence-electron chi connectivity index (χ1n) is 23.1. The molecule has 0 aromatic rings. The number of carbonyl (C=O) groups is 2. The fourth-order valence-corrected chi connectivity index (χ4v) is 6.63. The van der Waals surface area contributed by atoms with Crippen molar-refractivity contribution in [2.24, 2.45) is 5.73 Å². The molecule has 0 bridgehead atoms. The SMILES string of the molecule is CC/C=C\C/C=C\C/C=C\C/C=C\C/C=C\CCCCCCCCCC(=O)OC(COC(=O)CCCCCCC/C=C\C/C=C\CCCCC)COP(=O)(O)OCCN. The summed E-state index contributed by atoms with van der Waals surface area (Å²) in [6.45, 7) is 3.55. The Balaban J connectivity index is 4.17. The molecular formula is C49H84NO8P. The van der Waals surface area contributed by atoms with E-state index in [2.05, 4.69) is 98.9 Å². The summed E-state index contributed by atoms with van der Waals surface area (Å²) in [7, 11) is -4.39. The van der Waals surface area contributed by atoms with Crippen molar-refractivity contribution in [2.45, 2.75) is 187 Å². The Kier molecular flexibility index (Phi) is 42.6. The van der Waals surface area contributed by atoms with Crippen molar-refractivity contribution < 1.29 is 37.6 Å². The van der Waals surface area contributed by atoms with Crippen LogP contribution in [0.2, 0.25) is 0 Å². The summed E-state index contributed by atoms with van der Waals surface area (Å²) in [5, 5.41) is 0. The second-order valence-corrected chi connectivity index (χ2v) is 16.3. The van der Waals surface area contributed by atoms with E-state index in [1.165, 1.54) is 44.9 Å². The molecule has 59 heavy (non-hydrogen) atoms. The molecule has 0 radical (unpaired) electrons. The number of rotatable bonds is 42. The molecule has 0 aliphatic carbocycles. The van der Waals surface area contributed by atoms with Gasteiger partial charge in [-0.25, -0.2) is 4.57 Å². The number of phosphoric ester groups is 1. The summed E-state index contributed by atoms with van der Waals surface area (Å²) < 4.78 is 32.8. The zero-order chi connectivity index (χ0) is 43.2. The highest BCUT2D eigenvalue weighted by molar-refractivity contribution is 7.47. The van der Waals surface area contributed by atoms with Gasteiger partial charge in [0.1, 0.15) is 6.61 Å². The molecule has 2 unspecified atom stereocenters. The zero-order valence-corrected chi connectivity index (χ0v) is 38.1. The minimum Gasteiger partial charge on any atom is -0.462 e. The molecule has 3 N–H and O–H groups in total. The number of carbonyl (C=O) groups excluding carboxylic acids is 2. The Labute approximate surface area is 360 Å². The summed E-state index contributed by atoms with van der Waals surface area (Å²) in [6, 6.07) is 0. The standard InChI is InChI=1S/C49H84NO8P/c1-3-5-7-9-11-13-15-17-19-20-21-22-23-24-25-26-28-30-32-34-36-38-40-42-49(52)58-47(46-57-59(53,54)56-44-43-50)45-55-48(51)41-39-37-35-33-31-29-27-18-16-14-12-10-8-6-4-2/h5,7,11-14,17-19,21-22,24-25,27,47H,3-4,6,8-10,15-16,20,23,26,28-46,50H2,1-2H3,(H,53,54)/b7-5-,13-11-,14-12-,19-17-,22-21-,25-24-,27-18-. The number of hydrogen-bond donors (Lipinski definition) is 2. The number of hydrogen-bond acceptors (Lipinski definition) is 8. The van der Waals surface area contributed by atoms with E-state index in [0.717, 1.165) is 96.3 Å².